The van der Waals surface area contributed by atoms with E-state index in [1.165, 1.54) is 0 Å². The molecule has 0 radical (unpaired) electrons. The Kier molecular flexibility index (Phi) is 4.23. The average molecular weight is 346 g/mol. The molecule has 0 fully saturated rings. The molecule has 130 valence electrons. The zero-order chi connectivity index (χ0) is 17.9. The lowest BCUT2D eigenvalue weighted by atomic mass is 10.1. The molecule has 0 spiro atoms. The Hall–Kier alpha value is -3.41. The minimum absolute atomic E-state index is 0.101. The number of aryl methyl sites for hydroxylation is 1. The molecule has 0 aliphatic heterocycles. The maximum atomic E-state index is 12.3. The molecule has 0 saturated heterocycles. The first-order valence-corrected chi connectivity index (χ1v) is 8.39. The summed E-state index contributed by atoms with van der Waals surface area (Å²) in [7, 11) is 0. The van der Waals surface area contributed by atoms with Crippen molar-refractivity contribution in [3.05, 3.63) is 72.4 Å². The van der Waals surface area contributed by atoms with Crippen molar-refractivity contribution in [2.24, 2.45) is 0 Å². The van der Waals surface area contributed by atoms with Gasteiger partial charge in [0.2, 0.25) is 5.91 Å². The Bertz CT molecular complexity index is 1050. The van der Waals surface area contributed by atoms with Crippen LogP contribution in [0.1, 0.15) is 11.6 Å². The number of furan rings is 1. The standard InChI is InChI=1S/C20H18N4O2/c1-14-22-20(17-9-8-15-5-2-3-6-16(15)11-17)24(23-14)13-19(25)21-12-18-7-4-10-26-18/h2-11H,12-13H2,1H3,(H,21,25). The van der Waals surface area contributed by atoms with Crippen LogP contribution in [0, 0.1) is 6.92 Å². The first-order valence-electron chi connectivity index (χ1n) is 8.39. The van der Waals surface area contributed by atoms with E-state index in [0.29, 0.717) is 24.0 Å². The van der Waals surface area contributed by atoms with Gasteiger partial charge in [-0.3, -0.25) is 4.79 Å². The van der Waals surface area contributed by atoms with E-state index in [-0.39, 0.29) is 12.5 Å². The van der Waals surface area contributed by atoms with Gasteiger partial charge >= 0.3 is 0 Å². The number of fused-ring (bicyclic) bond motifs is 1. The van der Waals surface area contributed by atoms with Gasteiger partial charge in [-0.15, -0.1) is 0 Å². The number of amides is 1. The first-order chi connectivity index (χ1) is 12.7. The monoisotopic (exact) mass is 346 g/mol. The molecule has 26 heavy (non-hydrogen) atoms. The van der Waals surface area contributed by atoms with Crippen LogP contribution in [0.15, 0.2) is 65.3 Å². The maximum Gasteiger partial charge on any atom is 0.242 e. The molecular weight excluding hydrogens is 328 g/mol. The first kappa shape index (κ1) is 16.1. The zero-order valence-electron chi connectivity index (χ0n) is 14.3. The van der Waals surface area contributed by atoms with Crippen LogP contribution in [-0.4, -0.2) is 20.7 Å². The largest absolute Gasteiger partial charge is 0.467 e. The van der Waals surface area contributed by atoms with Gasteiger partial charge in [0.05, 0.1) is 12.8 Å². The normalized spacial score (nSPS) is 11.0. The average Bonchev–Trinajstić information content (AvgIpc) is 3.29. The van der Waals surface area contributed by atoms with Gasteiger partial charge in [-0.1, -0.05) is 36.4 Å². The predicted molar refractivity (Wildman–Crippen MR) is 98.3 cm³/mol. The molecule has 2 heterocycles. The topological polar surface area (TPSA) is 73.0 Å². The van der Waals surface area contributed by atoms with E-state index in [9.17, 15) is 4.79 Å². The van der Waals surface area contributed by atoms with E-state index in [2.05, 4.69) is 39.7 Å². The summed E-state index contributed by atoms with van der Waals surface area (Å²) in [6.45, 7) is 2.27. The molecule has 6 heteroatoms. The molecule has 0 unspecified atom stereocenters. The number of carbonyl (C=O) groups is 1. The lowest BCUT2D eigenvalue weighted by molar-refractivity contribution is -0.122. The molecule has 0 atom stereocenters. The predicted octanol–water partition coefficient (Wildman–Crippen LogP) is 3.32. The number of hydrogen-bond acceptors (Lipinski definition) is 4. The molecule has 4 aromatic rings. The van der Waals surface area contributed by atoms with Crippen molar-refractivity contribution in [2.45, 2.75) is 20.0 Å². The van der Waals surface area contributed by atoms with Gasteiger partial charge in [-0.05, 0) is 35.9 Å². The lowest BCUT2D eigenvalue weighted by Crippen LogP contribution is -2.27. The van der Waals surface area contributed by atoms with Crippen molar-refractivity contribution in [1.82, 2.24) is 20.1 Å². The Morgan fingerprint density at radius 2 is 1.96 bits per heavy atom. The molecule has 0 bridgehead atoms. The van der Waals surface area contributed by atoms with E-state index in [4.69, 9.17) is 4.42 Å². The molecular formula is C20H18N4O2. The lowest BCUT2D eigenvalue weighted by Gasteiger charge is -2.07. The summed E-state index contributed by atoms with van der Waals surface area (Å²) in [5.41, 5.74) is 0.933. The number of benzene rings is 2. The Morgan fingerprint density at radius 3 is 2.77 bits per heavy atom. The highest BCUT2D eigenvalue weighted by Crippen LogP contribution is 2.23. The maximum absolute atomic E-state index is 12.3. The van der Waals surface area contributed by atoms with E-state index < -0.39 is 0 Å². The third-order valence-corrected chi connectivity index (χ3v) is 4.12. The number of rotatable bonds is 5. The van der Waals surface area contributed by atoms with Crippen molar-refractivity contribution >= 4 is 16.7 Å². The highest BCUT2D eigenvalue weighted by molar-refractivity contribution is 5.86. The summed E-state index contributed by atoms with van der Waals surface area (Å²) in [6, 6.07) is 17.9. The van der Waals surface area contributed by atoms with Crippen molar-refractivity contribution in [3.8, 4) is 11.4 Å². The molecule has 1 N–H and O–H groups in total. The Morgan fingerprint density at radius 1 is 1.12 bits per heavy atom. The summed E-state index contributed by atoms with van der Waals surface area (Å²) in [6.07, 6.45) is 1.58. The minimum Gasteiger partial charge on any atom is -0.467 e. The molecule has 1 amide bonds. The van der Waals surface area contributed by atoms with Gasteiger partial charge in [-0.25, -0.2) is 9.67 Å². The molecule has 2 aromatic heterocycles. The van der Waals surface area contributed by atoms with Gasteiger partial charge in [0.25, 0.3) is 0 Å². The van der Waals surface area contributed by atoms with E-state index in [0.717, 1.165) is 16.3 Å². The summed E-state index contributed by atoms with van der Waals surface area (Å²) in [5.74, 6) is 1.88. The number of nitrogens with zero attached hydrogens (tertiary/aromatic N) is 3. The van der Waals surface area contributed by atoms with E-state index in [1.54, 1.807) is 17.0 Å². The Labute approximate surface area is 150 Å². The molecule has 0 aliphatic rings. The highest BCUT2D eigenvalue weighted by Gasteiger charge is 2.13. The molecule has 0 saturated carbocycles. The fourth-order valence-electron chi connectivity index (χ4n) is 2.90. The number of hydrogen-bond donors (Lipinski definition) is 1. The second-order valence-corrected chi connectivity index (χ2v) is 6.06. The van der Waals surface area contributed by atoms with Gasteiger partial charge in [-0.2, -0.15) is 5.10 Å². The van der Waals surface area contributed by atoms with Crippen LogP contribution in [0.25, 0.3) is 22.2 Å². The molecule has 4 rings (SSSR count). The van der Waals surface area contributed by atoms with Gasteiger partial charge in [0, 0.05) is 5.56 Å². The van der Waals surface area contributed by atoms with Crippen LogP contribution in [-0.2, 0) is 17.9 Å². The smallest absolute Gasteiger partial charge is 0.242 e. The van der Waals surface area contributed by atoms with E-state index >= 15 is 0 Å². The van der Waals surface area contributed by atoms with Crippen LogP contribution >= 0.6 is 0 Å². The third kappa shape index (κ3) is 3.35. The fraction of sp³-hybridized carbons (Fsp3) is 0.150. The number of aromatic nitrogens is 3. The number of carbonyl (C=O) groups excluding carboxylic acids is 1. The van der Waals surface area contributed by atoms with Crippen LogP contribution in [0.5, 0.6) is 0 Å². The van der Waals surface area contributed by atoms with E-state index in [1.807, 2.05) is 31.2 Å². The van der Waals surface area contributed by atoms with Crippen molar-refractivity contribution in [3.63, 3.8) is 0 Å². The number of nitrogens with one attached hydrogen (secondary N) is 1. The summed E-state index contributed by atoms with van der Waals surface area (Å²) in [4.78, 5) is 16.8. The molecule has 0 aliphatic carbocycles. The summed E-state index contributed by atoms with van der Waals surface area (Å²) < 4.78 is 6.86. The van der Waals surface area contributed by atoms with Crippen LogP contribution < -0.4 is 5.32 Å². The highest BCUT2D eigenvalue weighted by atomic mass is 16.3. The summed E-state index contributed by atoms with van der Waals surface area (Å²) in [5, 5.41) is 9.49. The minimum atomic E-state index is -0.145. The van der Waals surface area contributed by atoms with Gasteiger partial charge < -0.3 is 9.73 Å². The van der Waals surface area contributed by atoms with Crippen LogP contribution in [0.2, 0.25) is 0 Å². The Balaban J connectivity index is 1.56. The van der Waals surface area contributed by atoms with Crippen LogP contribution in [0.4, 0.5) is 0 Å². The van der Waals surface area contributed by atoms with Crippen molar-refractivity contribution in [2.75, 3.05) is 0 Å². The zero-order valence-corrected chi connectivity index (χ0v) is 14.3. The second kappa shape index (κ2) is 6.84. The van der Waals surface area contributed by atoms with Crippen molar-refractivity contribution in [1.29, 1.82) is 0 Å². The van der Waals surface area contributed by atoms with Gasteiger partial charge in [0.1, 0.15) is 18.1 Å². The van der Waals surface area contributed by atoms with Gasteiger partial charge in [0.15, 0.2) is 5.82 Å². The third-order valence-electron chi connectivity index (χ3n) is 4.12. The second-order valence-electron chi connectivity index (χ2n) is 6.06. The molecule has 6 nitrogen and oxygen atoms in total. The fourth-order valence-corrected chi connectivity index (χ4v) is 2.90. The van der Waals surface area contributed by atoms with Crippen LogP contribution in [0.3, 0.4) is 0 Å². The molecule has 2 aromatic carbocycles. The SMILES string of the molecule is Cc1nc(-c2ccc3ccccc3c2)n(CC(=O)NCc2ccco2)n1. The summed E-state index contributed by atoms with van der Waals surface area (Å²) >= 11 is 0. The quantitative estimate of drug-likeness (QED) is 0.602. The van der Waals surface area contributed by atoms with Crippen molar-refractivity contribution < 1.29 is 9.21 Å².